The zero-order valence-corrected chi connectivity index (χ0v) is 11.5. The standard InChI is InChI=1S/C13H21ClN2O/c1-9(2)16-11(10(14)8-15-16)12(17)13(3)6-4-5-7-13/h8-9,12,17H,4-7H2,1-3H3. The van der Waals surface area contributed by atoms with E-state index < -0.39 is 6.10 Å². The third-order valence-electron chi connectivity index (χ3n) is 3.94. The van der Waals surface area contributed by atoms with Crippen LogP contribution in [-0.4, -0.2) is 14.9 Å². The number of hydrogen-bond donors (Lipinski definition) is 1. The topological polar surface area (TPSA) is 38.0 Å². The maximum absolute atomic E-state index is 10.6. The lowest BCUT2D eigenvalue weighted by Crippen LogP contribution is -2.25. The van der Waals surface area contributed by atoms with E-state index in [4.69, 9.17) is 11.6 Å². The fourth-order valence-corrected chi connectivity index (χ4v) is 3.04. The van der Waals surface area contributed by atoms with Gasteiger partial charge < -0.3 is 5.11 Å². The molecule has 0 radical (unpaired) electrons. The van der Waals surface area contributed by atoms with Crippen LogP contribution >= 0.6 is 11.6 Å². The minimum Gasteiger partial charge on any atom is -0.386 e. The first-order valence-electron chi connectivity index (χ1n) is 6.37. The lowest BCUT2D eigenvalue weighted by atomic mass is 9.81. The van der Waals surface area contributed by atoms with Gasteiger partial charge in [0.2, 0.25) is 0 Å². The number of aromatic nitrogens is 2. The lowest BCUT2D eigenvalue weighted by molar-refractivity contribution is 0.0327. The Labute approximate surface area is 108 Å². The Hall–Kier alpha value is -0.540. The summed E-state index contributed by atoms with van der Waals surface area (Å²) in [5.74, 6) is 0. The van der Waals surface area contributed by atoms with Gasteiger partial charge in [0.05, 0.1) is 16.9 Å². The fourth-order valence-electron chi connectivity index (χ4n) is 2.80. The molecule has 0 amide bonds. The second kappa shape index (κ2) is 4.62. The Balaban J connectivity index is 2.36. The SMILES string of the molecule is CC(C)n1ncc(Cl)c1C(O)C1(C)CCCC1. The summed E-state index contributed by atoms with van der Waals surface area (Å²) in [6.07, 6.45) is 5.64. The summed E-state index contributed by atoms with van der Waals surface area (Å²) in [6.45, 7) is 6.26. The van der Waals surface area contributed by atoms with E-state index in [1.807, 2.05) is 4.68 Å². The Bertz CT molecular complexity index is 394. The van der Waals surface area contributed by atoms with E-state index >= 15 is 0 Å². The maximum Gasteiger partial charge on any atom is 0.102 e. The van der Waals surface area contributed by atoms with Gasteiger partial charge in [0, 0.05) is 6.04 Å². The van der Waals surface area contributed by atoms with Gasteiger partial charge in [-0.2, -0.15) is 5.10 Å². The zero-order chi connectivity index (χ0) is 12.6. The first-order chi connectivity index (χ1) is 7.96. The Kier molecular flexibility index (Phi) is 3.50. The van der Waals surface area contributed by atoms with Crippen LogP contribution in [-0.2, 0) is 0 Å². The number of halogens is 1. The predicted molar refractivity (Wildman–Crippen MR) is 69.2 cm³/mol. The average Bonchev–Trinajstić information content (AvgIpc) is 2.85. The average molecular weight is 257 g/mol. The van der Waals surface area contributed by atoms with Gasteiger partial charge in [0.1, 0.15) is 6.10 Å². The van der Waals surface area contributed by atoms with Crippen molar-refractivity contribution in [3.8, 4) is 0 Å². The molecule has 0 bridgehead atoms. The third kappa shape index (κ3) is 2.23. The maximum atomic E-state index is 10.6. The minimum absolute atomic E-state index is 0.0453. The number of hydrogen-bond acceptors (Lipinski definition) is 2. The molecule has 1 aromatic heterocycles. The van der Waals surface area contributed by atoms with Crippen molar-refractivity contribution in [2.45, 2.75) is 58.6 Å². The van der Waals surface area contributed by atoms with Crippen LogP contribution in [0.3, 0.4) is 0 Å². The Morgan fingerprint density at radius 2 is 2.00 bits per heavy atom. The van der Waals surface area contributed by atoms with Gasteiger partial charge in [-0.15, -0.1) is 0 Å². The van der Waals surface area contributed by atoms with Crippen molar-refractivity contribution in [2.75, 3.05) is 0 Å². The highest BCUT2D eigenvalue weighted by molar-refractivity contribution is 6.31. The number of nitrogens with zero attached hydrogens (tertiary/aromatic N) is 2. The van der Waals surface area contributed by atoms with Crippen LogP contribution in [0, 0.1) is 5.41 Å². The van der Waals surface area contributed by atoms with Crippen molar-refractivity contribution in [1.29, 1.82) is 0 Å². The highest BCUT2D eigenvalue weighted by Gasteiger charge is 2.39. The molecule has 1 N–H and O–H groups in total. The first-order valence-corrected chi connectivity index (χ1v) is 6.74. The molecular weight excluding hydrogens is 236 g/mol. The highest BCUT2D eigenvalue weighted by Crippen LogP contribution is 2.48. The van der Waals surface area contributed by atoms with Gasteiger partial charge >= 0.3 is 0 Å². The zero-order valence-electron chi connectivity index (χ0n) is 10.8. The second-order valence-electron chi connectivity index (χ2n) is 5.68. The number of aliphatic hydroxyl groups is 1. The molecule has 96 valence electrons. The summed E-state index contributed by atoms with van der Waals surface area (Å²) in [6, 6.07) is 0.220. The van der Waals surface area contributed by atoms with Crippen molar-refractivity contribution in [1.82, 2.24) is 9.78 Å². The molecule has 4 heteroatoms. The first kappa shape index (κ1) is 12.9. The predicted octanol–water partition coefficient (Wildman–Crippen LogP) is 3.73. The van der Waals surface area contributed by atoms with E-state index in [9.17, 15) is 5.11 Å². The van der Waals surface area contributed by atoms with E-state index in [2.05, 4.69) is 25.9 Å². The minimum atomic E-state index is -0.512. The van der Waals surface area contributed by atoms with Gasteiger partial charge in [-0.1, -0.05) is 31.4 Å². The van der Waals surface area contributed by atoms with Crippen LogP contribution in [0.15, 0.2) is 6.20 Å². The number of rotatable bonds is 3. The Morgan fingerprint density at radius 1 is 1.41 bits per heavy atom. The van der Waals surface area contributed by atoms with Crippen LogP contribution in [0.5, 0.6) is 0 Å². The molecule has 1 atom stereocenters. The molecule has 1 unspecified atom stereocenters. The molecule has 0 spiro atoms. The quantitative estimate of drug-likeness (QED) is 0.895. The molecule has 0 aliphatic heterocycles. The molecule has 0 saturated heterocycles. The lowest BCUT2D eigenvalue weighted by Gasteiger charge is -2.31. The molecule has 1 aliphatic rings. The van der Waals surface area contributed by atoms with Gasteiger partial charge in [0.15, 0.2) is 0 Å². The molecule has 1 aromatic rings. The normalized spacial score (nSPS) is 21.1. The smallest absolute Gasteiger partial charge is 0.102 e. The van der Waals surface area contributed by atoms with Crippen LogP contribution in [0.25, 0.3) is 0 Å². The van der Waals surface area contributed by atoms with E-state index in [0.717, 1.165) is 18.5 Å². The van der Waals surface area contributed by atoms with Crippen LogP contribution in [0.2, 0.25) is 5.02 Å². The molecule has 1 fully saturated rings. The van der Waals surface area contributed by atoms with Crippen LogP contribution in [0.4, 0.5) is 0 Å². The van der Waals surface area contributed by atoms with E-state index in [1.54, 1.807) is 6.20 Å². The summed E-state index contributed by atoms with van der Waals surface area (Å²) >= 11 is 6.18. The molecular formula is C13H21ClN2O. The molecule has 1 saturated carbocycles. The van der Waals surface area contributed by atoms with Crippen molar-refractivity contribution in [2.24, 2.45) is 5.41 Å². The molecule has 0 aromatic carbocycles. The molecule has 2 rings (SSSR count). The van der Waals surface area contributed by atoms with Crippen molar-refractivity contribution in [3.63, 3.8) is 0 Å². The second-order valence-corrected chi connectivity index (χ2v) is 6.09. The van der Waals surface area contributed by atoms with Gasteiger partial charge in [0.25, 0.3) is 0 Å². The molecule has 3 nitrogen and oxygen atoms in total. The molecule has 1 aliphatic carbocycles. The third-order valence-corrected chi connectivity index (χ3v) is 4.23. The van der Waals surface area contributed by atoms with Crippen LogP contribution in [0.1, 0.15) is 64.3 Å². The molecule has 17 heavy (non-hydrogen) atoms. The van der Waals surface area contributed by atoms with Gasteiger partial charge in [-0.3, -0.25) is 4.68 Å². The summed E-state index contributed by atoms with van der Waals surface area (Å²) < 4.78 is 1.84. The van der Waals surface area contributed by atoms with Gasteiger partial charge in [-0.05, 0) is 32.1 Å². The summed E-state index contributed by atoms with van der Waals surface area (Å²) in [5, 5.41) is 15.5. The Morgan fingerprint density at radius 3 is 2.53 bits per heavy atom. The summed E-state index contributed by atoms with van der Waals surface area (Å²) in [4.78, 5) is 0. The van der Waals surface area contributed by atoms with Crippen molar-refractivity contribution < 1.29 is 5.11 Å². The van der Waals surface area contributed by atoms with E-state index in [0.29, 0.717) is 5.02 Å². The van der Waals surface area contributed by atoms with Gasteiger partial charge in [-0.25, -0.2) is 0 Å². The van der Waals surface area contributed by atoms with Crippen molar-refractivity contribution in [3.05, 3.63) is 16.9 Å². The monoisotopic (exact) mass is 256 g/mol. The van der Waals surface area contributed by atoms with Crippen molar-refractivity contribution >= 4 is 11.6 Å². The summed E-state index contributed by atoms with van der Waals surface area (Å²) in [7, 11) is 0. The molecule has 1 heterocycles. The summed E-state index contributed by atoms with van der Waals surface area (Å²) in [5.41, 5.74) is 0.738. The largest absolute Gasteiger partial charge is 0.386 e. The van der Waals surface area contributed by atoms with E-state index in [-0.39, 0.29) is 11.5 Å². The fraction of sp³-hybridized carbons (Fsp3) is 0.769. The van der Waals surface area contributed by atoms with E-state index in [1.165, 1.54) is 12.8 Å². The number of aliphatic hydroxyl groups excluding tert-OH is 1. The highest BCUT2D eigenvalue weighted by atomic mass is 35.5. The van der Waals surface area contributed by atoms with Crippen LogP contribution < -0.4 is 0 Å².